The van der Waals surface area contributed by atoms with Crippen molar-refractivity contribution in [3.8, 4) is 11.5 Å². The Balaban J connectivity index is 1.43. The number of fused-ring (bicyclic) bond motifs is 2. The van der Waals surface area contributed by atoms with Crippen LogP contribution in [0.15, 0.2) is 46.1 Å². The molecule has 1 amide bonds. The molecule has 3 aromatic rings. The molecule has 0 fully saturated rings. The quantitative estimate of drug-likeness (QED) is 0.500. The molecule has 0 bridgehead atoms. The lowest BCUT2D eigenvalue weighted by atomic mass is 10.3. The van der Waals surface area contributed by atoms with Crippen molar-refractivity contribution in [2.45, 2.75) is 4.90 Å². The number of rotatable bonds is 5. The molecular weight excluding hydrogens is 376 g/mol. The average Bonchev–Trinajstić information content (AvgIpc) is 3.24. The SMILES string of the molecule is O=C(CNS(=O)(=O)c1ccc2[nH]c(=O)[nH]c2c1)Nc1ccc2c(c1)OCO2. The number of carbonyl (C=O) groups is 1. The number of amides is 1. The number of ether oxygens (including phenoxy) is 2. The van der Waals surface area contributed by atoms with Gasteiger partial charge in [0, 0.05) is 11.8 Å². The number of nitrogens with one attached hydrogen (secondary N) is 4. The first-order valence-electron chi connectivity index (χ1n) is 7.82. The first-order chi connectivity index (χ1) is 12.9. The molecule has 0 spiro atoms. The molecule has 27 heavy (non-hydrogen) atoms. The molecule has 0 radical (unpaired) electrons. The lowest BCUT2D eigenvalue weighted by molar-refractivity contribution is -0.115. The van der Waals surface area contributed by atoms with E-state index >= 15 is 0 Å². The van der Waals surface area contributed by atoms with Gasteiger partial charge < -0.3 is 24.8 Å². The number of anilines is 1. The van der Waals surface area contributed by atoms with Gasteiger partial charge in [-0.15, -0.1) is 0 Å². The van der Waals surface area contributed by atoms with Crippen LogP contribution in [0.4, 0.5) is 5.69 Å². The van der Waals surface area contributed by atoms with Gasteiger partial charge >= 0.3 is 5.69 Å². The van der Waals surface area contributed by atoms with Crippen molar-refractivity contribution in [3.05, 3.63) is 46.9 Å². The Morgan fingerprint density at radius 3 is 2.67 bits per heavy atom. The lowest BCUT2D eigenvalue weighted by Gasteiger charge is -2.08. The minimum absolute atomic E-state index is 0.0684. The summed E-state index contributed by atoms with van der Waals surface area (Å²) < 4.78 is 37.3. The van der Waals surface area contributed by atoms with Crippen LogP contribution in [0.2, 0.25) is 0 Å². The average molecular weight is 390 g/mol. The molecule has 0 aliphatic carbocycles. The molecule has 11 heteroatoms. The number of hydrogen-bond donors (Lipinski definition) is 4. The Hall–Kier alpha value is -3.31. The minimum Gasteiger partial charge on any atom is -0.454 e. The van der Waals surface area contributed by atoms with Crippen molar-refractivity contribution in [2.24, 2.45) is 0 Å². The summed E-state index contributed by atoms with van der Waals surface area (Å²) >= 11 is 0. The number of imidazole rings is 1. The molecule has 0 saturated heterocycles. The number of aromatic nitrogens is 2. The normalized spacial score (nSPS) is 13.0. The van der Waals surface area contributed by atoms with Crippen LogP contribution in [0.1, 0.15) is 0 Å². The van der Waals surface area contributed by atoms with Gasteiger partial charge in [0.25, 0.3) is 0 Å². The van der Waals surface area contributed by atoms with Crippen LogP contribution in [0.25, 0.3) is 11.0 Å². The predicted molar refractivity (Wildman–Crippen MR) is 95.3 cm³/mol. The van der Waals surface area contributed by atoms with Gasteiger partial charge in [-0.2, -0.15) is 0 Å². The zero-order valence-corrected chi connectivity index (χ0v) is 14.6. The van der Waals surface area contributed by atoms with E-state index in [1.165, 1.54) is 18.2 Å². The van der Waals surface area contributed by atoms with Crippen LogP contribution in [0, 0.1) is 0 Å². The van der Waals surface area contributed by atoms with E-state index in [9.17, 15) is 18.0 Å². The van der Waals surface area contributed by atoms with Crippen molar-refractivity contribution in [3.63, 3.8) is 0 Å². The summed E-state index contributed by atoms with van der Waals surface area (Å²) in [4.78, 5) is 28.2. The molecule has 140 valence electrons. The molecule has 4 rings (SSSR count). The molecule has 10 nitrogen and oxygen atoms in total. The zero-order valence-electron chi connectivity index (χ0n) is 13.7. The molecule has 0 saturated carbocycles. The third kappa shape index (κ3) is 3.50. The highest BCUT2D eigenvalue weighted by atomic mass is 32.2. The van der Waals surface area contributed by atoms with Crippen LogP contribution in [-0.2, 0) is 14.8 Å². The maximum atomic E-state index is 12.4. The summed E-state index contributed by atoms with van der Waals surface area (Å²) in [5, 5.41) is 2.57. The third-order valence-electron chi connectivity index (χ3n) is 3.88. The summed E-state index contributed by atoms with van der Waals surface area (Å²) in [6.45, 7) is -0.345. The molecule has 1 aliphatic heterocycles. The maximum Gasteiger partial charge on any atom is 0.323 e. The Morgan fingerprint density at radius 2 is 1.81 bits per heavy atom. The van der Waals surface area contributed by atoms with Gasteiger partial charge in [0.05, 0.1) is 22.5 Å². The molecule has 4 N–H and O–H groups in total. The van der Waals surface area contributed by atoms with Crippen molar-refractivity contribution < 1.29 is 22.7 Å². The fourth-order valence-electron chi connectivity index (χ4n) is 2.60. The first-order valence-corrected chi connectivity index (χ1v) is 9.30. The summed E-state index contributed by atoms with van der Waals surface area (Å²) in [7, 11) is -3.93. The number of H-pyrrole nitrogens is 2. The fraction of sp³-hybridized carbons (Fsp3) is 0.125. The van der Waals surface area contributed by atoms with Crippen molar-refractivity contribution in [1.82, 2.24) is 14.7 Å². The molecule has 0 atom stereocenters. The van der Waals surface area contributed by atoms with E-state index in [1.54, 1.807) is 18.2 Å². The Labute approximate surface area is 152 Å². The second-order valence-electron chi connectivity index (χ2n) is 5.73. The standard InChI is InChI=1S/C16H14N4O6S/c21-15(18-9-1-4-13-14(5-9)26-8-25-13)7-17-27(23,24)10-2-3-11-12(6-10)20-16(22)19-11/h1-6,17H,7-8H2,(H,18,21)(H2,19,20,22). The van der Waals surface area contributed by atoms with Crippen LogP contribution in [0.3, 0.4) is 0 Å². The van der Waals surface area contributed by atoms with E-state index < -0.39 is 28.2 Å². The highest BCUT2D eigenvalue weighted by Crippen LogP contribution is 2.34. The van der Waals surface area contributed by atoms with E-state index in [0.29, 0.717) is 28.2 Å². The van der Waals surface area contributed by atoms with E-state index in [-0.39, 0.29) is 11.7 Å². The van der Waals surface area contributed by atoms with E-state index in [4.69, 9.17) is 9.47 Å². The summed E-state index contributed by atoms with van der Waals surface area (Å²) in [6.07, 6.45) is 0. The molecule has 1 aromatic heterocycles. The molecule has 2 heterocycles. The van der Waals surface area contributed by atoms with Gasteiger partial charge in [-0.05, 0) is 30.3 Å². The van der Waals surface area contributed by atoms with Gasteiger partial charge in [-0.3, -0.25) is 4.79 Å². The van der Waals surface area contributed by atoms with E-state index in [2.05, 4.69) is 20.0 Å². The van der Waals surface area contributed by atoms with Gasteiger partial charge in [0.15, 0.2) is 11.5 Å². The highest BCUT2D eigenvalue weighted by molar-refractivity contribution is 7.89. The Morgan fingerprint density at radius 1 is 1.04 bits per heavy atom. The molecular formula is C16H14N4O6S. The number of benzene rings is 2. The molecule has 2 aromatic carbocycles. The topological polar surface area (TPSA) is 142 Å². The second-order valence-corrected chi connectivity index (χ2v) is 7.49. The first kappa shape index (κ1) is 17.1. The monoisotopic (exact) mass is 390 g/mol. The van der Waals surface area contributed by atoms with Crippen molar-refractivity contribution in [1.29, 1.82) is 0 Å². The smallest absolute Gasteiger partial charge is 0.323 e. The minimum atomic E-state index is -3.93. The third-order valence-corrected chi connectivity index (χ3v) is 5.28. The zero-order chi connectivity index (χ0) is 19.0. The van der Waals surface area contributed by atoms with E-state index in [0.717, 1.165) is 0 Å². The predicted octanol–water partition coefficient (Wildman–Crippen LogP) is 0.502. The molecule has 0 unspecified atom stereocenters. The van der Waals surface area contributed by atoms with Gasteiger partial charge in [-0.1, -0.05) is 0 Å². The summed E-state index contributed by atoms with van der Waals surface area (Å²) in [6, 6.07) is 8.97. The van der Waals surface area contributed by atoms with Gasteiger partial charge in [0.2, 0.25) is 22.7 Å². The van der Waals surface area contributed by atoms with Crippen LogP contribution in [0.5, 0.6) is 11.5 Å². The van der Waals surface area contributed by atoms with Crippen molar-refractivity contribution in [2.75, 3.05) is 18.7 Å². The number of aromatic amines is 2. The fourth-order valence-corrected chi connectivity index (χ4v) is 3.61. The van der Waals surface area contributed by atoms with Crippen molar-refractivity contribution >= 4 is 32.7 Å². The van der Waals surface area contributed by atoms with E-state index in [1.807, 2.05) is 0 Å². The van der Waals surface area contributed by atoms with Crippen LogP contribution in [-0.4, -0.2) is 37.6 Å². The second kappa shape index (κ2) is 6.45. The summed E-state index contributed by atoms with van der Waals surface area (Å²) in [5.41, 5.74) is 0.859. The number of sulfonamides is 1. The number of hydrogen-bond acceptors (Lipinski definition) is 6. The largest absolute Gasteiger partial charge is 0.454 e. The lowest BCUT2D eigenvalue weighted by Crippen LogP contribution is -2.32. The van der Waals surface area contributed by atoms with Crippen LogP contribution < -0.4 is 25.2 Å². The van der Waals surface area contributed by atoms with Gasteiger partial charge in [0.1, 0.15) is 0 Å². The van der Waals surface area contributed by atoms with Crippen LogP contribution >= 0.6 is 0 Å². The summed E-state index contributed by atoms with van der Waals surface area (Å²) in [5.74, 6) is 0.530. The Bertz CT molecular complexity index is 1200. The van der Waals surface area contributed by atoms with Gasteiger partial charge in [-0.25, -0.2) is 17.9 Å². The maximum absolute atomic E-state index is 12.4. The molecule has 1 aliphatic rings. The highest BCUT2D eigenvalue weighted by Gasteiger charge is 2.18. The Kier molecular flexibility index (Phi) is 4.09. The number of carbonyl (C=O) groups excluding carboxylic acids is 1.